The van der Waals surface area contributed by atoms with E-state index in [1.807, 2.05) is 36.4 Å². The van der Waals surface area contributed by atoms with Crippen molar-refractivity contribution in [1.82, 2.24) is 4.98 Å². The molecule has 0 bridgehead atoms. The van der Waals surface area contributed by atoms with E-state index in [1.165, 1.54) is 0 Å². The molecule has 2 aromatic rings. The lowest BCUT2D eigenvalue weighted by Gasteiger charge is -2.01. The molecule has 0 saturated heterocycles. The van der Waals surface area contributed by atoms with Crippen LogP contribution in [0.4, 0.5) is 0 Å². The second-order valence-corrected chi connectivity index (χ2v) is 4.36. The molecule has 17 heavy (non-hydrogen) atoms. The zero-order valence-electron chi connectivity index (χ0n) is 9.43. The van der Waals surface area contributed by atoms with Gasteiger partial charge in [-0.25, -0.2) is 0 Å². The molecule has 0 aliphatic rings. The molecule has 0 aliphatic heterocycles. The first-order valence-corrected chi connectivity index (χ1v) is 6.00. The number of methoxy groups -OCH3 is 1. The smallest absolute Gasteiger partial charge is 0.118 e. The summed E-state index contributed by atoms with van der Waals surface area (Å²) in [6, 6.07) is 11.8. The summed E-state index contributed by atoms with van der Waals surface area (Å²) in [5.41, 5.74) is 2.23. The van der Waals surface area contributed by atoms with E-state index in [0.29, 0.717) is 0 Å². The summed E-state index contributed by atoms with van der Waals surface area (Å²) in [5, 5.41) is 0. The number of aromatic nitrogens is 1. The van der Waals surface area contributed by atoms with E-state index in [4.69, 9.17) is 4.74 Å². The molecular formula is C14H12BrNO. The lowest BCUT2D eigenvalue weighted by atomic mass is 10.1. The molecule has 0 radical (unpaired) electrons. The fourth-order valence-corrected chi connectivity index (χ4v) is 1.97. The molecule has 0 saturated carbocycles. The van der Waals surface area contributed by atoms with E-state index >= 15 is 0 Å². The minimum absolute atomic E-state index is 0.863. The Balaban J connectivity index is 2.23. The predicted molar refractivity (Wildman–Crippen MR) is 74.0 cm³/mol. The van der Waals surface area contributed by atoms with Crippen molar-refractivity contribution in [3.63, 3.8) is 0 Å². The van der Waals surface area contributed by atoms with Gasteiger partial charge in [0, 0.05) is 16.9 Å². The van der Waals surface area contributed by atoms with Crippen LogP contribution in [0.2, 0.25) is 0 Å². The largest absolute Gasteiger partial charge is 0.497 e. The zero-order chi connectivity index (χ0) is 12.1. The van der Waals surface area contributed by atoms with Gasteiger partial charge in [0.1, 0.15) is 5.75 Å². The standard InChI is InChI=1S/C14H12BrNO/c1-17-13-4-2-11(3-5-13)10-14(15)12-6-8-16-9-7-12/h2-10H,1H3. The molecule has 2 rings (SSSR count). The highest BCUT2D eigenvalue weighted by Gasteiger charge is 1.97. The summed E-state index contributed by atoms with van der Waals surface area (Å²) >= 11 is 3.56. The molecular weight excluding hydrogens is 278 g/mol. The normalized spacial score (nSPS) is 11.3. The van der Waals surface area contributed by atoms with Crippen molar-refractivity contribution in [1.29, 1.82) is 0 Å². The molecule has 0 aliphatic carbocycles. The molecule has 0 unspecified atom stereocenters. The van der Waals surface area contributed by atoms with Gasteiger partial charge in [-0.1, -0.05) is 28.1 Å². The molecule has 86 valence electrons. The molecule has 0 atom stereocenters. The molecule has 0 amide bonds. The maximum absolute atomic E-state index is 5.12. The molecule has 1 aromatic carbocycles. The van der Waals surface area contributed by atoms with E-state index in [-0.39, 0.29) is 0 Å². The molecule has 1 heterocycles. The summed E-state index contributed by atoms with van der Waals surface area (Å²) in [4.78, 5) is 3.99. The summed E-state index contributed by atoms with van der Waals surface area (Å²) < 4.78 is 6.15. The highest BCUT2D eigenvalue weighted by Crippen LogP contribution is 2.24. The quantitative estimate of drug-likeness (QED) is 0.853. The molecule has 2 nitrogen and oxygen atoms in total. The van der Waals surface area contributed by atoms with Gasteiger partial charge in [0.05, 0.1) is 7.11 Å². The Labute approximate surface area is 109 Å². The van der Waals surface area contributed by atoms with Crippen LogP contribution in [-0.2, 0) is 0 Å². The lowest BCUT2D eigenvalue weighted by molar-refractivity contribution is 0.415. The monoisotopic (exact) mass is 289 g/mol. The van der Waals surface area contributed by atoms with Crippen LogP contribution < -0.4 is 4.74 Å². The highest BCUT2D eigenvalue weighted by atomic mass is 79.9. The van der Waals surface area contributed by atoms with Crippen molar-refractivity contribution in [2.75, 3.05) is 7.11 Å². The summed E-state index contributed by atoms with van der Waals surface area (Å²) in [6.07, 6.45) is 5.62. The summed E-state index contributed by atoms with van der Waals surface area (Å²) in [6.45, 7) is 0. The van der Waals surface area contributed by atoms with Crippen molar-refractivity contribution < 1.29 is 4.74 Å². The lowest BCUT2D eigenvalue weighted by Crippen LogP contribution is -1.82. The minimum atomic E-state index is 0.863. The van der Waals surface area contributed by atoms with Crippen LogP contribution in [0.1, 0.15) is 11.1 Å². The summed E-state index contributed by atoms with van der Waals surface area (Å²) in [7, 11) is 1.66. The van der Waals surface area contributed by atoms with E-state index in [2.05, 4.69) is 27.0 Å². The average molecular weight is 290 g/mol. The zero-order valence-corrected chi connectivity index (χ0v) is 11.0. The maximum Gasteiger partial charge on any atom is 0.118 e. The van der Waals surface area contributed by atoms with E-state index in [1.54, 1.807) is 19.5 Å². The number of hydrogen-bond donors (Lipinski definition) is 0. The highest BCUT2D eigenvalue weighted by molar-refractivity contribution is 9.15. The Morgan fingerprint density at radius 2 is 1.76 bits per heavy atom. The van der Waals surface area contributed by atoms with Gasteiger partial charge in [-0.05, 0) is 41.5 Å². The molecule has 3 heteroatoms. The van der Waals surface area contributed by atoms with Crippen molar-refractivity contribution in [2.45, 2.75) is 0 Å². The van der Waals surface area contributed by atoms with E-state index in [0.717, 1.165) is 21.4 Å². The third kappa shape index (κ3) is 3.17. The first kappa shape index (κ1) is 11.9. The Bertz CT molecular complexity index is 506. The molecule has 0 spiro atoms. The van der Waals surface area contributed by atoms with E-state index in [9.17, 15) is 0 Å². The van der Waals surface area contributed by atoms with Crippen molar-refractivity contribution in [2.24, 2.45) is 0 Å². The molecule has 0 N–H and O–H groups in total. The van der Waals surface area contributed by atoms with Gasteiger partial charge in [0.25, 0.3) is 0 Å². The van der Waals surface area contributed by atoms with Gasteiger partial charge in [-0.15, -0.1) is 0 Å². The third-order valence-corrected chi connectivity index (χ3v) is 3.05. The maximum atomic E-state index is 5.12. The number of rotatable bonds is 3. The van der Waals surface area contributed by atoms with Gasteiger partial charge >= 0.3 is 0 Å². The van der Waals surface area contributed by atoms with E-state index < -0.39 is 0 Å². The first-order valence-electron chi connectivity index (χ1n) is 5.21. The minimum Gasteiger partial charge on any atom is -0.497 e. The second kappa shape index (κ2) is 5.64. The number of pyridine rings is 1. The average Bonchev–Trinajstić information content (AvgIpc) is 2.40. The van der Waals surface area contributed by atoms with Gasteiger partial charge in [0.15, 0.2) is 0 Å². The van der Waals surface area contributed by atoms with Crippen LogP contribution >= 0.6 is 15.9 Å². The predicted octanol–water partition coefficient (Wildman–Crippen LogP) is 3.98. The Kier molecular flexibility index (Phi) is 3.94. The van der Waals surface area contributed by atoms with Gasteiger partial charge < -0.3 is 4.74 Å². The fraction of sp³-hybridized carbons (Fsp3) is 0.0714. The van der Waals surface area contributed by atoms with Crippen LogP contribution in [-0.4, -0.2) is 12.1 Å². The SMILES string of the molecule is COc1ccc(C=C(Br)c2ccncc2)cc1. The molecule has 1 aromatic heterocycles. The van der Waals surface area contributed by atoms with Crippen molar-refractivity contribution in [3.05, 3.63) is 59.9 Å². The van der Waals surface area contributed by atoms with Crippen LogP contribution in [0.15, 0.2) is 48.8 Å². The Hall–Kier alpha value is -1.61. The topological polar surface area (TPSA) is 22.1 Å². The fourth-order valence-electron chi connectivity index (χ4n) is 1.44. The number of halogens is 1. The molecule has 0 fully saturated rings. The van der Waals surface area contributed by atoms with Crippen molar-refractivity contribution in [3.8, 4) is 5.75 Å². The van der Waals surface area contributed by atoms with Crippen LogP contribution in [0.3, 0.4) is 0 Å². The number of hydrogen-bond acceptors (Lipinski definition) is 2. The number of benzene rings is 1. The van der Waals surface area contributed by atoms with Gasteiger partial charge in [0.2, 0.25) is 0 Å². The second-order valence-electron chi connectivity index (χ2n) is 3.50. The van der Waals surface area contributed by atoms with Gasteiger partial charge in [-0.2, -0.15) is 0 Å². The van der Waals surface area contributed by atoms with Crippen LogP contribution in [0, 0.1) is 0 Å². The Morgan fingerprint density at radius 3 is 2.35 bits per heavy atom. The van der Waals surface area contributed by atoms with Crippen molar-refractivity contribution >= 4 is 26.5 Å². The summed E-state index contributed by atoms with van der Waals surface area (Å²) in [5.74, 6) is 0.863. The number of ether oxygens (including phenoxy) is 1. The third-order valence-electron chi connectivity index (χ3n) is 2.37. The van der Waals surface area contributed by atoms with Gasteiger partial charge in [-0.3, -0.25) is 4.98 Å². The first-order chi connectivity index (χ1) is 8.29. The van der Waals surface area contributed by atoms with Crippen LogP contribution in [0.5, 0.6) is 5.75 Å². The number of nitrogens with zero attached hydrogens (tertiary/aromatic N) is 1. The Morgan fingerprint density at radius 1 is 1.12 bits per heavy atom. The van der Waals surface area contributed by atoms with Crippen LogP contribution in [0.25, 0.3) is 10.6 Å².